The van der Waals surface area contributed by atoms with Crippen LogP contribution in [0.2, 0.25) is 0 Å². The van der Waals surface area contributed by atoms with E-state index in [0.29, 0.717) is 5.76 Å². The molecule has 1 saturated heterocycles. The molecule has 118 valence electrons. The summed E-state index contributed by atoms with van der Waals surface area (Å²) in [7, 11) is 0. The molecule has 22 heavy (non-hydrogen) atoms. The molecular weight excluding hydrogens is 282 g/mol. The average Bonchev–Trinajstić information content (AvgIpc) is 3.18. The smallest absolute Gasteiger partial charge is 0.230 e. The molecule has 1 aliphatic heterocycles. The minimum absolute atomic E-state index is 0.00729. The average molecular weight is 303 g/mol. The van der Waals surface area contributed by atoms with Crippen LogP contribution in [0.1, 0.15) is 60.2 Å². The van der Waals surface area contributed by atoms with Gasteiger partial charge in [-0.05, 0) is 40.5 Å². The topological polar surface area (TPSA) is 72.4 Å². The summed E-state index contributed by atoms with van der Waals surface area (Å²) in [4.78, 5) is 14.8. The standard InChI is InChI=1S/C16H21N3O3/c1-9-8-13(18-21-9)14-6-5-7-19(14)16(20)10(2)15-11(3)17-22-12(15)4/h8,10,14H,5-7H2,1-4H3/t10-,14-/m1/s1. The number of aryl methyl sites for hydroxylation is 3. The number of carbonyl (C=O) groups excluding carboxylic acids is 1. The van der Waals surface area contributed by atoms with Crippen molar-refractivity contribution in [3.63, 3.8) is 0 Å². The van der Waals surface area contributed by atoms with Crippen molar-refractivity contribution in [2.24, 2.45) is 0 Å². The Kier molecular flexibility index (Phi) is 3.76. The van der Waals surface area contributed by atoms with Crippen molar-refractivity contribution in [3.05, 3.63) is 34.5 Å². The van der Waals surface area contributed by atoms with E-state index in [1.54, 1.807) is 0 Å². The molecule has 0 spiro atoms. The Morgan fingerprint density at radius 3 is 2.68 bits per heavy atom. The lowest BCUT2D eigenvalue weighted by Gasteiger charge is -2.26. The Hall–Kier alpha value is -2.11. The van der Waals surface area contributed by atoms with Gasteiger partial charge in [-0.1, -0.05) is 10.3 Å². The first-order chi connectivity index (χ1) is 10.5. The number of carbonyl (C=O) groups is 1. The SMILES string of the molecule is Cc1cc([C@H]2CCCN2C(=O)[C@H](C)c2c(C)noc2C)no1. The third-order valence-electron chi connectivity index (χ3n) is 4.42. The van der Waals surface area contributed by atoms with Gasteiger partial charge in [0.15, 0.2) is 0 Å². The molecule has 0 unspecified atom stereocenters. The molecule has 2 aromatic rings. The fraction of sp³-hybridized carbons (Fsp3) is 0.562. The van der Waals surface area contributed by atoms with Crippen molar-refractivity contribution >= 4 is 5.91 Å². The molecule has 0 saturated carbocycles. The van der Waals surface area contributed by atoms with E-state index in [0.717, 1.165) is 42.1 Å². The first-order valence-corrected chi connectivity index (χ1v) is 7.65. The van der Waals surface area contributed by atoms with Gasteiger partial charge in [-0.3, -0.25) is 4.79 Å². The van der Waals surface area contributed by atoms with Crippen molar-refractivity contribution < 1.29 is 13.8 Å². The Morgan fingerprint density at radius 2 is 2.09 bits per heavy atom. The molecule has 0 aromatic carbocycles. The molecule has 3 heterocycles. The zero-order valence-electron chi connectivity index (χ0n) is 13.4. The van der Waals surface area contributed by atoms with Gasteiger partial charge in [0.05, 0.1) is 17.7 Å². The summed E-state index contributed by atoms with van der Waals surface area (Å²) in [5, 5.41) is 8.04. The van der Waals surface area contributed by atoms with Crippen LogP contribution in [-0.4, -0.2) is 27.7 Å². The number of rotatable bonds is 3. The Balaban J connectivity index is 1.84. The fourth-order valence-electron chi connectivity index (χ4n) is 3.36. The van der Waals surface area contributed by atoms with Gasteiger partial charge in [-0.15, -0.1) is 0 Å². The molecular formula is C16H21N3O3. The zero-order chi connectivity index (χ0) is 15.9. The predicted molar refractivity (Wildman–Crippen MR) is 79.3 cm³/mol. The number of hydrogen-bond donors (Lipinski definition) is 0. The molecule has 3 rings (SSSR count). The quantitative estimate of drug-likeness (QED) is 0.871. The summed E-state index contributed by atoms with van der Waals surface area (Å²) in [6, 6.07) is 1.92. The molecule has 2 aromatic heterocycles. The second-order valence-electron chi connectivity index (χ2n) is 6.01. The first-order valence-electron chi connectivity index (χ1n) is 7.65. The first kappa shape index (κ1) is 14.8. The molecule has 6 heteroatoms. The second kappa shape index (κ2) is 5.59. The van der Waals surface area contributed by atoms with E-state index in [1.165, 1.54) is 0 Å². The summed E-state index contributed by atoms with van der Waals surface area (Å²) in [6.07, 6.45) is 1.91. The largest absolute Gasteiger partial charge is 0.361 e. The number of aromatic nitrogens is 2. The van der Waals surface area contributed by atoms with Crippen molar-refractivity contribution in [1.29, 1.82) is 0 Å². The van der Waals surface area contributed by atoms with Gasteiger partial charge in [0, 0.05) is 18.2 Å². The highest BCUT2D eigenvalue weighted by Gasteiger charge is 2.36. The van der Waals surface area contributed by atoms with Crippen LogP contribution in [0.15, 0.2) is 15.1 Å². The van der Waals surface area contributed by atoms with Crippen molar-refractivity contribution in [2.75, 3.05) is 6.54 Å². The minimum Gasteiger partial charge on any atom is -0.361 e. The maximum Gasteiger partial charge on any atom is 0.230 e. The number of likely N-dealkylation sites (tertiary alicyclic amines) is 1. The van der Waals surface area contributed by atoms with Gasteiger partial charge in [-0.25, -0.2) is 0 Å². The molecule has 6 nitrogen and oxygen atoms in total. The molecule has 0 aliphatic carbocycles. The Labute approximate surface area is 129 Å². The van der Waals surface area contributed by atoms with E-state index in [1.807, 2.05) is 38.7 Å². The van der Waals surface area contributed by atoms with Crippen LogP contribution in [0, 0.1) is 20.8 Å². The lowest BCUT2D eigenvalue weighted by Crippen LogP contribution is -2.34. The Bertz CT molecular complexity index is 669. The van der Waals surface area contributed by atoms with Crippen LogP contribution in [0.5, 0.6) is 0 Å². The molecule has 0 radical (unpaired) electrons. The lowest BCUT2D eigenvalue weighted by molar-refractivity contribution is -0.133. The third-order valence-corrected chi connectivity index (χ3v) is 4.42. The van der Waals surface area contributed by atoms with E-state index >= 15 is 0 Å². The maximum absolute atomic E-state index is 12.9. The molecule has 0 bridgehead atoms. The number of amides is 1. The van der Waals surface area contributed by atoms with Crippen molar-refractivity contribution in [3.8, 4) is 0 Å². The van der Waals surface area contributed by atoms with E-state index < -0.39 is 0 Å². The predicted octanol–water partition coefficient (Wildman–Crippen LogP) is 3.06. The van der Waals surface area contributed by atoms with Gasteiger partial charge >= 0.3 is 0 Å². The minimum atomic E-state index is -0.264. The zero-order valence-corrected chi connectivity index (χ0v) is 13.4. The summed E-state index contributed by atoms with van der Waals surface area (Å²) < 4.78 is 10.4. The number of hydrogen-bond acceptors (Lipinski definition) is 5. The van der Waals surface area contributed by atoms with E-state index in [9.17, 15) is 4.79 Å². The second-order valence-corrected chi connectivity index (χ2v) is 6.01. The monoisotopic (exact) mass is 303 g/mol. The summed E-state index contributed by atoms with van der Waals surface area (Å²) >= 11 is 0. The highest BCUT2D eigenvalue weighted by atomic mass is 16.5. The summed E-state index contributed by atoms with van der Waals surface area (Å²) in [5.74, 6) is 1.32. The fourth-order valence-corrected chi connectivity index (χ4v) is 3.36. The van der Waals surface area contributed by atoms with Crippen molar-refractivity contribution in [1.82, 2.24) is 15.2 Å². The molecule has 2 atom stereocenters. The third kappa shape index (κ3) is 2.42. The lowest BCUT2D eigenvalue weighted by atomic mass is 9.97. The van der Waals surface area contributed by atoms with Crippen LogP contribution < -0.4 is 0 Å². The van der Waals surface area contributed by atoms with Crippen molar-refractivity contribution in [2.45, 2.75) is 52.5 Å². The highest BCUT2D eigenvalue weighted by molar-refractivity contribution is 5.84. The van der Waals surface area contributed by atoms with Gasteiger partial charge in [0.1, 0.15) is 17.2 Å². The van der Waals surface area contributed by atoms with Gasteiger partial charge in [0.25, 0.3) is 0 Å². The summed E-state index contributed by atoms with van der Waals surface area (Å²) in [5.41, 5.74) is 2.52. The molecule has 1 amide bonds. The highest BCUT2D eigenvalue weighted by Crippen LogP contribution is 2.35. The normalized spacial score (nSPS) is 19.6. The van der Waals surface area contributed by atoms with E-state index in [2.05, 4.69) is 10.3 Å². The molecule has 0 N–H and O–H groups in total. The van der Waals surface area contributed by atoms with E-state index in [-0.39, 0.29) is 17.9 Å². The van der Waals surface area contributed by atoms with Crippen LogP contribution in [0.25, 0.3) is 0 Å². The van der Waals surface area contributed by atoms with Gasteiger partial charge in [0.2, 0.25) is 5.91 Å². The van der Waals surface area contributed by atoms with E-state index in [4.69, 9.17) is 9.05 Å². The maximum atomic E-state index is 12.9. The number of nitrogens with zero attached hydrogens (tertiary/aromatic N) is 3. The van der Waals surface area contributed by atoms with Crippen LogP contribution in [-0.2, 0) is 4.79 Å². The van der Waals surface area contributed by atoms with Crippen LogP contribution in [0.3, 0.4) is 0 Å². The van der Waals surface area contributed by atoms with Gasteiger partial charge in [-0.2, -0.15) is 0 Å². The summed E-state index contributed by atoms with van der Waals surface area (Å²) in [6.45, 7) is 8.26. The van der Waals surface area contributed by atoms with Crippen LogP contribution >= 0.6 is 0 Å². The van der Waals surface area contributed by atoms with Crippen LogP contribution in [0.4, 0.5) is 0 Å². The Morgan fingerprint density at radius 1 is 1.32 bits per heavy atom. The van der Waals surface area contributed by atoms with Gasteiger partial charge < -0.3 is 13.9 Å². The molecule has 1 aliphatic rings. The molecule has 1 fully saturated rings.